The maximum absolute atomic E-state index is 14.8. The fraction of sp³-hybridized carbons (Fsp3) is 0.500. The van der Waals surface area contributed by atoms with Gasteiger partial charge in [-0.2, -0.15) is 4.39 Å². The highest BCUT2D eigenvalue weighted by Gasteiger charge is 2.31. The van der Waals surface area contributed by atoms with Crippen molar-refractivity contribution in [3.05, 3.63) is 65.8 Å². The molecule has 0 spiro atoms. The summed E-state index contributed by atoms with van der Waals surface area (Å²) in [5.74, 6) is -4.30. The molecule has 7 heteroatoms. The van der Waals surface area contributed by atoms with Crippen LogP contribution >= 0.6 is 0 Å². The second kappa shape index (κ2) is 11.6. The highest BCUT2D eigenvalue weighted by Crippen LogP contribution is 2.35. The lowest BCUT2D eigenvalue weighted by Gasteiger charge is -2.37. The summed E-state index contributed by atoms with van der Waals surface area (Å²) < 4.78 is 75.3. The van der Waals surface area contributed by atoms with E-state index in [9.17, 15) is 17.6 Å². The van der Waals surface area contributed by atoms with Crippen LogP contribution in [0.5, 0.6) is 5.75 Å². The summed E-state index contributed by atoms with van der Waals surface area (Å²) in [5.41, 5.74) is -0.439. The number of rotatable bonds is 8. The van der Waals surface area contributed by atoms with Crippen molar-refractivity contribution in [1.29, 1.82) is 0 Å². The van der Waals surface area contributed by atoms with E-state index in [1.807, 2.05) is 6.08 Å². The Labute approximate surface area is 204 Å². The molecule has 4 rings (SSSR count). The lowest BCUT2D eigenvalue weighted by Crippen LogP contribution is -2.38. The second-order valence-electron chi connectivity index (χ2n) is 9.37. The number of hydrogen-bond donors (Lipinski definition) is 0. The van der Waals surface area contributed by atoms with Gasteiger partial charge in [-0.15, -0.1) is 6.58 Å². The molecule has 0 aromatic heterocycles. The van der Waals surface area contributed by atoms with E-state index in [0.29, 0.717) is 32.0 Å². The van der Waals surface area contributed by atoms with E-state index in [1.54, 1.807) is 6.92 Å². The normalized spacial score (nSPS) is 24.8. The molecule has 0 radical (unpaired) electrons. The molecule has 0 aliphatic carbocycles. The van der Waals surface area contributed by atoms with Crippen molar-refractivity contribution in [2.45, 2.75) is 57.7 Å². The molecule has 4 unspecified atom stereocenters. The molecule has 190 valence electrons. The van der Waals surface area contributed by atoms with Gasteiger partial charge >= 0.3 is 0 Å². The Kier molecular flexibility index (Phi) is 8.50. The largest absolute Gasteiger partial charge is 0.491 e. The van der Waals surface area contributed by atoms with Gasteiger partial charge in [0.05, 0.1) is 25.4 Å². The van der Waals surface area contributed by atoms with Gasteiger partial charge in [0.2, 0.25) is 5.82 Å². The Morgan fingerprint density at radius 1 is 0.886 bits per heavy atom. The van der Waals surface area contributed by atoms with Crippen LogP contribution in [0.4, 0.5) is 17.6 Å². The molecule has 3 nitrogen and oxygen atoms in total. The van der Waals surface area contributed by atoms with Gasteiger partial charge in [-0.25, -0.2) is 13.2 Å². The molecule has 0 amide bonds. The van der Waals surface area contributed by atoms with Gasteiger partial charge in [0.15, 0.2) is 23.2 Å². The maximum Gasteiger partial charge on any atom is 0.201 e. The molecule has 2 heterocycles. The van der Waals surface area contributed by atoms with Crippen molar-refractivity contribution < 1.29 is 31.8 Å². The van der Waals surface area contributed by atoms with E-state index in [-0.39, 0.29) is 47.2 Å². The smallest absolute Gasteiger partial charge is 0.201 e. The van der Waals surface area contributed by atoms with Gasteiger partial charge in [-0.05, 0) is 69.1 Å². The molecule has 2 aromatic rings. The highest BCUT2D eigenvalue weighted by molar-refractivity contribution is 5.66. The third-order valence-electron chi connectivity index (χ3n) is 7.16. The standard InChI is InChI=1S/C28H32F4O3/c1-3-20-10-8-19(16-34-20)23-13-6-17(15-35-23)5-7-18-9-11-21(26(30)25(18)29)22-12-14-24(33-4-2)28(32)27(22)31/h3,9,11-12,14,17,19-20,23H,1,4-8,10,13,15-16H2,2H3. The first kappa shape index (κ1) is 25.7. The minimum absolute atomic E-state index is 0.134. The Balaban J connectivity index is 1.35. The molecule has 2 saturated heterocycles. The molecule has 2 aliphatic heterocycles. The van der Waals surface area contributed by atoms with Crippen LogP contribution in [0.2, 0.25) is 0 Å². The lowest BCUT2D eigenvalue weighted by atomic mass is 9.85. The van der Waals surface area contributed by atoms with Crippen LogP contribution in [0, 0.1) is 35.1 Å². The molecule has 4 atom stereocenters. The minimum atomic E-state index is -1.26. The molecule has 0 bridgehead atoms. The summed E-state index contributed by atoms with van der Waals surface area (Å²) in [6.07, 6.45) is 7.07. The Morgan fingerprint density at radius 3 is 2.26 bits per heavy atom. The third kappa shape index (κ3) is 5.72. The first-order valence-electron chi connectivity index (χ1n) is 12.4. The number of halogens is 4. The van der Waals surface area contributed by atoms with Crippen LogP contribution in [-0.2, 0) is 15.9 Å². The average Bonchev–Trinajstić information content (AvgIpc) is 2.89. The third-order valence-corrected chi connectivity index (χ3v) is 7.16. The SMILES string of the molecule is C=CC1CCC(C2CCC(CCc3ccc(-c4ccc(OCC)c(F)c4F)c(F)c3F)CO2)CO1. The fourth-order valence-corrected chi connectivity index (χ4v) is 5.05. The van der Waals surface area contributed by atoms with Gasteiger partial charge < -0.3 is 14.2 Å². The van der Waals surface area contributed by atoms with E-state index in [2.05, 4.69) is 6.58 Å². The summed E-state index contributed by atoms with van der Waals surface area (Å²) >= 11 is 0. The minimum Gasteiger partial charge on any atom is -0.491 e. The average molecular weight is 493 g/mol. The summed E-state index contributed by atoms with van der Waals surface area (Å²) in [7, 11) is 0. The zero-order valence-corrected chi connectivity index (χ0v) is 20.0. The van der Waals surface area contributed by atoms with E-state index >= 15 is 0 Å². The Bertz CT molecular complexity index is 1030. The highest BCUT2D eigenvalue weighted by atomic mass is 19.2. The van der Waals surface area contributed by atoms with Gasteiger partial charge in [0.1, 0.15) is 0 Å². The number of hydrogen-bond acceptors (Lipinski definition) is 3. The van der Waals surface area contributed by atoms with Gasteiger partial charge in [-0.3, -0.25) is 0 Å². The zero-order chi connectivity index (χ0) is 24.9. The molecule has 35 heavy (non-hydrogen) atoms. The predicted molar refractivity (Wildman–Crippen MR) is 126 cm³/mol. The summed E-state index contributed by atoms with van der Waals surface area (Å²) in [6.45, 7) is 6.85. The predicted octanol–water partition coefficient (Wildman–Crippen LogP) is 7.02. The van der Waals surface area contributed by atoms with Crippen LogP contribution in [0.1, 0.15) is 44.6 Å². The molecule has 0 saturated carbocycles. The van der Waals surface area contributed by atoms with Gasteiger partial charge in [-0.1, -0.05) is 18.2 Å². The fourth-order valence-electron chi connectivity index (χ4n) is 5.05. The van der Waals surface area contributed by atoms with Crippen molar-refractivity contribution in [3.8, 4) is 16.9 Å². The summed E-state index contributed by atoms with van der Waals surface area (Å²) in [4.78, 5) is 0. The lowest BCUT2D eigenvalue weighted by molar-refractivity contribution is -0.0949. The van der Waals surface area contributed by atoms with Crippen LogP contribution in [0.15, 0.2) is 36.9 Å². The van der Waals surface area contributed by atoms with Crippen molar-refractivity contribution in [2.24, 2.45) is 11.8 Å². The summed E-state index contributed by atoms with van der Waals surface area (Å²) in [6, 6.07) is 5.17. The van der Waals surface area contributed by atoms with E-state index in [1.165, 1.54) is 24.3 Å². The Morgan fingerprint density at radius 2 is 1.63 bits per heavy atom. The van der Waals surface area contributed by atoms with Crippen molar-refractivity contribution in [1.82, 2.24) is 0 Å². The van der Waals surface area contributed by atoms with Crippen molar-refractivity contribution in [2.75, 3.05) is 19.8 Å². The van der Waals surface area contributed by atoms with Crippen molar-refractivity contribution in [3.63, 3.8) is 0 Å². The van der Waals surface area contributed by atoms with Gasteiger partial charge in [0, 0.05) is 23.7 Å². The van der Waals surface area contributed by atoms with Gasteiger partial charge in [0.25, 0.3) is 0 Å². The first-order valence-corrected chi connectivity index (χ1v) is 12.4. The van der Waals surface area contributed by atoms with Crippen LogP contribution < -0.4 is 4.74 Å². The van der Waals surface area contributed by atoms with Crippen LogP contribution in [0.25, 0.3) is 11.1 Å². The maximum atomic E-state index is 14.8. The summed E-state index contributed by atoms with van der Waals surface area (Å²) in [5, 5.41) is 0. The van der Waals surface area contributed by atoms with Crippen LogP contribution in [0.3, 0.4) is 0 Å². The molecule has 2 fully saturated rings. The topological polar surface area (TPSA) is 27.7 Å². The zero-order valence-electron chi connectivity index (χ0n) is 20.0. The molecular formula is C28H32F4O3. The molecule has 2 aliphatic rings. The Hall–Kier alpha value is -2.38. The van der Waals surface area contributed by atoms with Crippen LogP contribution in [-0.4, -0.2) is 32.0 Å². The first-order chi connectivity index (χ1) is 16.9. The van der Waals surface area contributed by atoms with E-state index in [4.69, 9.17) is 14.2 Å². The monoisotopic (exact) mass is 492 g/mol. The number of ether oxygens (including phenoxy) is 3. The molecular weight excluding hydrogens is 460 g/mol. The molecule has 2 aromatic carbocycles. The number of benzene rings is 2. The van der Waals surface area contributed by atoms with E-state index in [0.717, 1.165) is 25.7 Å². The van der Waals surface area contributed by atoms with E-state index < -0.39 is 23.3 Å². The second-order valence-corrected chi connectivity index (χ2v) is 9.37. The van der Waals surface area contributed by atoms with Crippen molar-refractivity contribution >= 4 is 0 Å². The molecule has 0 N–H and O–H groups in total. The quantitative estimate of drug-likeness (QED) is 0.293. The number of aryl methyl sites for hydroxylation is 1.